The molecule has 0 bridgehead atoms. The number of rotatable bonds is 3. The first kappa shape index (κ1) is 13.3. The Hall–Kier alpha value is -1.72. The molecule has 0 atom stereocenters. The molecule has 0 amide bonds. The molecule has 0 aliphatic rings. The molecule has 8 heteroatoms. The van der Waals surface area contributed by atoms with Gasteiger partial charge >= 0.3 is 6.18 Å². The predicted molar refractivity (Wildman–Crippen MR) is 57.3 cm³/mol. The maximum atomic E-state index is 12.5. The van der Waals surface area contributed by atoms with Gasteiger partial charge in [-0.3, -0.25) is 0 Å². The molecule has 1 heterocycles. The van der Waals surface area contributed by atoms with Crippen LogP contribution in [0.5, 0.6) is 0 Å². The average molecular weight is 263 g/mol. The van der Waals surface area contributed by atoms with E-state index in [0.717, 1.165) is 6.07 Å². The van der Waals surface area contributed by atoms with E-state index in [2.05, 4.69) is 15.0 Å². The van der Waals surface area contributed by atoms with Gasteiger partial charge in [0.15, 0.2) is 0 Å². The Bertz CT molecular complexity index is 478. The van der Waals surface area contributed by atoms with Crippen molar-refractivity contribution in [2.24, 2.45) is 5.11 Å². The Morgan fingerprint density at radius 1 is 1.53 bits per heavy atom. The predicted octanol–water partition coefficient (Wildman–Crippen LogP) is 4.08. The molecule has 0 saturated heterocycles. The maximum Gasteiger partial charge on any atom is 0.419 e. The van der Waals surface area contributed by atoms with Crippen molar-refractivity contribution in [3.8, 4) is 0 Å². The second-order valence-corrected chi connectivity index (χ2v) is 3.28. The lowest BCUT2D eigenvalue weighted by atomic mass is 10.2. The highest BCUT2D eigenvalue weighted by atomic mass is 35.5. The van der Waals surface area contributed by atoms with Crippen LogP contribution in [-0.2, 0) is 6.18 Å². The lowest BCUT2D eigenvalue weighted by Gasteiger charge is -2.08. The summed E-state index contributed by atoms with van der Waals surface area (Å²) < 4.78 is 37.4. The normalized spacial score (nSPS) is 11.5. The second-order valence-electron chi connectivity index (χ2n) is 2.92. The van der Waals surface area contributed by atoms with Gasteiger partial charge in [-0.15, -0.1) is 0 Å². The minimum absolute atomic E-state index is 0.0560. The van der Waals surface area contributed by atoms with E-state index in [0.29, 0.717) is 0 Å². The van der Waals surface area contributed by atoms with Gasteiger partial charge in [-0.05, 0) is 17.2 Å². The summed E-state index contributed by atoms with van der Waals surface area (Å²) in [6.07, 6.45) is -0.555. The van der Waals surface area contributed by atoms with Gasteiger partial charge in [0.25, 0.3) is 0 Å². The van der Waals surface area contributed by atoms with E-state index >= 15 is 0 Å². The molecule has 0 radical (unpaired) electrons. The molecular formula is C9H6ClF3N4. The van der Waals surface area contributed by atoms with Gasteiger partial charge in [-0.25, -0.2) is 4.98 Å². The lowest BCUT2D eigenvalue weighted by molar-refractivity contribution is -0.137. The van der Waals surface area contributed by atoms with Crippen molar-refractivity contribution < 1.29 is 13.2 Å². The van der Waals surface area contributed by atoms with Crippen LogP contribution >= 0.6 is 11.6 Å². The molecule has 0 N–H and O–H groups in total. The fraction of sp³-hybridized carbons (Fsp3) is 0.222. The Morgan fingerprint density at radius 2 is 2.24 bits per heavy atom. The van der Waals surface area contributed by atoms with Crippen LogP contribution in [0.25, 0.3) is 16.5 Å². The van der Waals surface area contributed by atoms with Gasteiger partial charge in [0.05, 0.1) is 5.56 Å². The van der Waals surface area contributed by atoms with Crippen LogP contribution in [0, 0.1) is 0 Å². The van der Waals surface area contributed by atoms with Crippen LogP contribution in [0.1, 0.15) is 11.1 Å². The fourth-order valence-electron chi connectivity index (χ4n) is 1.03. The molecule has 0 saturated carbocycles. The SMILES string of the molecule is [N-]=[N+]=NCC=Cc1cnc(Cl)c(C(F)(F)F)c1. The zero-order valence-corrected chi connectivity index (χ0v) is 9.07. The smallest absolute Gasteiger partial charge is 0.243 e. The number of hydrogen-bond donors (Lipinski definition) is 0. The van der Waals surface area contributed by atoms with E-state index in [4.69, 9.17) is 17.1 Å². The Kier molecular flexibility index (Phi) is 4.37. The molecule has 0 aliphatic carbocycles. The molecule has 0 aliphatic heterocycles. The zero-order valence-electron chi connectivity index (χ0n) is 8.32. The molecule has 1 rings (SSSR count). The average Bonchev–Trinajstić information content (AvgIpc) is 2.25. The number of azide groups is 1. The summed E-state index contributed by atoms with van der Waals surface area (Å²) in [5, 5.41) is 2.61. The van der Waals surface area contributed by atoms with E-state index in [-0.39, 0.29) is 12.1 Å². The number of hydrogen-bond acceptors (Lipinski definition) is 2. The highest BCUT2D eigenvalue weighted by Crippen LogP contribution is 2.34. The third-order valence-electron chi connectivity index (χ3n) is 1.73. The van der Waals surface area contributed by atoms with Crippen LogP contribution in [0.15, 0.2) is 23.5 Å². The van der Waals surface area contributed by atoms with Crippen LogP contribution in [0.2, 0.25) is 5.15 Å². The number of nitrogens with zero attached hydrogens (tertiary/aromatic N) is 4. The van der Waals surface area contributed by atoms with Crippen molar-refractivity contribution in [3.05, 3.63) is 45.1 Å². The lowest BCUT2D eigenvalue weighted by Crippen LogP contribution is -2.07. The van der Waals surface area contributed by atoms with Crippen LogP contribution in [0.4, 0.5) is 13.2 Å². The van der Waals surface area contributed by atoms with Crippen molar-refractivity contribution in [2.45, 2.75) is 6.18 Å². The van der Waals surface area contributed by atoms with Gasteiger partial charge in [0, 0.05) is 17.7 Å². The van der Waals surface area contributed by atoms with Crippen LogP contribution < -0.4 is 0 Å². The van der Waals surface area contributed by atoms with Gasteiger partial charge in [-0.2, -0.15) is 13.2 Å². The number of aromatic nitrogens is 1. The van der Waals surface area contributed by atoms with Gasteiger partial charge in [-0.1, -0.05) is 28.9 Å². The summed E-state index contributed by atoms with van der Waals surface area (Å²) in [5.41, 5.74) is 7.23. The van der Waals surface area contributed by atoms with Crippen molar-refractivity contribution >= 4 is 17.7 Å². The second kappa shape index (κ2) is 5.56. The standard InChI is InChI=1S/C9H6ClF3N4/c10-8-7(9(11,12)13)4-6(5-15-8)2-1-3-16-17-14/h1-2,4-5H,3H2. The van der Waals surface area contributed by atoms with Gasteiger partial charge in [0.2, 0.25) is 0 Å². The number of halogens is 4. The molecule has 0 spiro atoms. The van der Waals surface area contributed by atoms with Crippen molar-refractivity contribution in [2.75, 3.05) is 6.54 Å². The molecule has 1 aromatic rings. The molecule has 17 heavy (non-hydrogen) atoms. The molecule has 0 fully saturated rings. The number of alkyl halides is 3. The molecule has 90 valence electrons. The molecule has 0 unspecified atom stereocenters. The fourth-order valence-corrected chi connectivity index (χ4v) is 1.24. The summed E-state index contributed by atoms with van der Waals surface area (Å²) in [6.45, 7) is 0.0560. The summed E-state index contributed by atoms with van der Waals surface area (Å²) in [4.78, 5) is 5.93. The summed E-state index contributed by atoms with van der Waals surface area (Å²) >= 11 is 5.34. The van der Waals surface area contributed by atoms with E-state index in [1.807, 2.05) is 0 Å². The van der Waals surface area contributed by atoms with E-state index in [1.54, 1.807) is 0 Å². The molecule has 0 aromatic carbocycles. The highest BCUT2D eigenvalue weighted by Gasteiger charge is 2.33. The highest BCUT2D eigenvalue weighted by molar-refractivity contribution is 6.30. The van der Waals surface area contributed by atoms with Crippen molar-refractivity contribution in [1.29, 1.82) is 0 Å². The van der Waals surface area contributed by atoms with E-state index in [1.165, 1.54) is 18.3 Å². The maximum absolute atomic E-state index is 12.5. The van der Waals surface area contributed by atoms with Crippen molar-refractivity contribution in [3.63, 3.8) is 0 Å². The number of pyridine rings is 1. The summed E-state index contributed by atoms with van der Waals surface area (Å²) in [6, 6.07) is 0.877. The third kappa shape index (κ3) is 3.97. The molecule has 1 aromatic heterocycles. The minimum Gasteiger partial charge on any atom is -0.243 e. The third-order valence-corrected chi connectivity index (χ3v) is 2.03. The Balaban J connectivity index is 2.97. The Labute approximate surface area is 99.4 Å². The summed E-state index contributed by atoms with van der Waals surface area (Å²) in [7, 11) is 0. The first-order valence-electron chi connectivity index (χ1n) is 4.35. The molecular weight excluding hydrogens is 257 g/mol. The van der Waals surface area contributed by atoms with E-state index < -0.39 is 16.9 Å². The Morgan fingerprint density at radius 3 is 2.82 bits per heavy atom. The topological polar surface area (TPSA) is 61.7 Å². The van der Waals surface area contributed by atoms with E-state index in [9.17, 15) is 13.2 Å². The largest absolute Gasteiger partial charge is 0.419 e. The van der Waals surface area contributed by atoms with Gasteiger partial charge in [0.1, 0.15) is 5.15 Å². The molecule has 4 nitrogen and oxygen atoms in total. The quantitative estimate of drug-likeness (QED) is 0.350. The minimum atomic E-state index is -4.54. The first-order chi connectivity index (χ1) is 7.95. The monoisotopic (exact) mass is 262 g/mol. The summed E-state index contributed by atoms with van der Waals surface area (Å²) in [5.74, 6) is 0. The van der Waals surface area contributed by atoms with Crippen molar-refractivity contribution in [1.82, 2.24) is 4.98 Å². The zero-order chi connectivity index (χ0) is 12.9. The van der Waals surface area contributed by atoms with Crippen LogP contribution in [-0.4, -0.2) is 11.5 Å². The first-order valence-corrected chi connectivity index (χ1v) is 4.73. The van der Waals surface area contributed by atoms with Crippen LogP contribution in [0.3, 0.4) is 0 Å². The van der Waals surface area contributed by atoms with Gasteiger partial charge < -0.3 is 0 Å².